The maximum absolute atomic E-state index is 12.2. The van der Waals surface area contributed by atoms with E-state index in [-0.39, 0.29) is 18.0 Å². The number of hydrogen-bond acceptors (Lipinski definition) is 5. The molecule has 0 aromatic heterocycles. The van der Waals surface area contributed by atoms with E-state index in [4.69, 9.17) is 9.47 Å². The van der Waals surface area contributed by atoms with Gasteiger partial charge in [-0.05, 0) is 38.8 Å². The topological polar surface area (TPSA) is 59.0 Å². The zero-order valence-electron chi connectivity index (χ0n) is 20.0. The second-order valence-corrected chi connectivity index (χ2v) is 9.21. The molecule has 30 heavy (non-hydrogen) atoms. The van der Waals surface area contributed by atoms with Crippen LogP contribution in [0.25, 0.3) is 0 Å². The third-order valence-corrected chi connectivity index (χ3v) is 6.41. The van der Waals surface area contributed by atoms with Gasteiger partial charge in [-0.3, -0.25) is 4.79 Å². The molecule has 1 fully saturated rings. The van der Waals surface area contributed by atoms with Crippen LogP contribution in [0, 0.1) is 5.41 Å². The van der Waals surface area contributed by atoms with Crippen molar-refractivity contribution < 1.29 is 19.4 Å². The molecular weight excluding hydrogens is 378 g/mol. The zero-order chi connectivity index (χ0) is 21.9. The maximum Gasteiger partial charge on any atom is 0.305 e. The van der Waals surface area contributed by atoms with Gasteiger partial charge in [-0.15, -0.1) is 0 Å². The maximum atomic E-state index is 12.2. The summed E-state index contributed by atoms with van der Waals surface area (Å²) in [4.78, 5) is 14.5. The van der Waals surface area contributed by atoms with Crippen molar-refractivity contribution in [2.45, 2.75) is 104 Å². The van der Waals surface area contributed by atoms with Gasteiger partial charge in [-0.25, -0.2) is 0 Å². The van der Waals surface area contributed by atoms with E-state index >= 15 is 0 Å². The molecule has 5 heteroatoms. The molecule has 0 amide bonds. The number of esters is 1. The van der Waals surface area contributed by atoms with E-state index in [1.54, 1.807) is 0 Å². The van der Waals surface area contributed by atoms with Crippen molar-refractivity contribution in [2.24, 2.45) is 5.41 Å². The molecule has 1 saturated heterocycles. The average Bonchev–Trinajstić information content (AvgIpc) is 2.76. The lowest BCUT2D eigenvalue weighted by atomic mass is 9.79. The average molecular weight is 428 g/mol. The Morgan fingerprint density at radius 3 is 2.10 bits per heavy atom. The lowest BCUT2D eigenvalue weighted by Crippen LogP contribution is -2.46. The minimum atomic E-state index is -0.0635. The van der Waals surface area contributed by atoms with Crippen LogP contribution in [-0.4, -0.2) is 62.0 Å². The van der Waals surface area contributed by atoms with E-state index in [2.05, 4.69) is 18.7 Å². The van der Waals surface area contributed by atoms with E-state index in [1.165, 1.54) is 51.4 Å². The number of aliphatic hydroxyl groups is 1. The molecule has 0 bridgehead atoms. The normalized spacial score (nSPS) is 16.6. The first-order valence-electron chi connectivity index (χ1n) is 12.7. The smallest absolute Gasteiger partial charge is 0.305 e. The van der Waals surface area contributed by atoms with Crippen LogP contribution in [0.1, 0.15) is 104 Å². The number of nitrogens with zero attached hydrogens (tertiary/aromatic N) is 1. The number of ether oxygens (including phenoxy) is 2. The number of aliphatic hydroxyl groups excluding tert-OH is 1. The molecule has 1 heterocycles. The fourth-order valence-electron chi connectivity index (χ4n) is 4.17. The van der Waals surface area contributed by atoms with Crippen LogP contribution in [0.3, 0.4) is 0 Å². The highest BCUT2D eigenvalue weighted by molar-refractivity contribution is 5.69. The Morgan fingerprint density at radius 2 is 1.47 bits per heavy atom. The van der Waals surface area contributed by atoms with Gasteiger partial charge in [0.05, 0.1) is 19.8 Å². The molecule has 1 N–H and O–H groups in total. The summed E-state index contributed by atoms with van der Waals surface area (Å²) in [6.07, 6.45) is 15.8. The van der Waals surface area contributed by atoms with Crippen LogP contribution in [0.5, 0.6) is 0 Å². The predicted octanol–water partition coefficient (Wildman–Crippen LogP) is 5.34. The summed E-state index contributed by atoms with van der Waals surface area (Å²) in [5.74, 6) is -0.0559. The summed E-state index contributed by atoms with van der Waals surface area (Å²) in [5.41, 5.74) is -0.0635. The van der Waals surface area contributed by atoms with Crippen molar-refractivity contribution in [3.8, 4) is 0 Å². The summed E-state index contributed by atoms with van der Waals surface area (Å²) in [6, 6.07) is 0. The van der Waals surface area contributed by atoms with Crippen molar-refractivity contribution in [1.82, 2.24) is 4.90 Å². The van der Waals surface area contributed by atoms with Gasteiger partial charge in [0, 0.05) is 25.0 Å². The van der Waals surface area contributed by atoms with Crippen LogP contribution in [-0.2, 0) is 14.3 Å². The Hall–Kier alpha value is -0.650. The van der Waals surface area contributed by atoms with Crippen LogP contribution in [0.2, 0.25) is 0 Å². The summed E-state index contributed by atoms with van der Waals surface area (Å²) < 4.78 is 11.8. The number of piperidine rings is 1. The lowest BCUT2D eigenvalue weighted by Gasteiger charge is -2.41. The van der Waals surface area contributed by atoms with Crippen molar-refractivity contribution >= 4 is 5.97 Å². The highest BCUT2D eigenvalue weighted by atomic mass is 16.5. The third kappa shape index (κ3) is 12.9. The summed E-state index contributed by atoms with van der Waals surface area (Å²) in [5, 5.41) is 9.20. The monoisotopic (exact) mass is 427 g/mol. The van der Waals surface area contributed by atoms with Gasteiger partial charge in [0.25, 0.3) is 0 Å². The number of rotatable bonds is 19. The molecule has 0 unspecified atom stereocenters. The summed E-state index contributed by atoms with van der Waals surface area (Å²) in [7, 11) is 0. The molecular formula is C25H49NO4. The molecule has 0 aliphatic carbocycles. The molecule has 0 aromatic rings. The standard InChI is InChI=1S/C25H49NO4/c1-3-5-7-9-11-13-21-29-22-25(15-17-26(18-16-25)19-20-27)23-30-24(28)14-12-10-8-6-4-2/h27H,3-23H2,1-2H3. The van der Waals surface area contributed by atoms with Gasteiger partial charge in [-0.2, -0.15) is 0 Å². The van der Waals surface area contributed by atoms with Crippen LogP contribution in [0.4, 0.5) is 0 Å². The summed E-state index contributed by atoms with van der Waals surface area (Å²) >= 11 is 0. The summed E-state index contributed by atoms with van der Waals surface area (Å²) in [6.45, 7) is 9.22. The molecule has 0 saturated carbocycles. The molecule has 1 rings (SSSR count). The fraction of sp³-hybridized carbons (Fsp3) is 0.960. The van der Waals surface area contributed by atoms with Crippen molar-refractivity contribution in [1.29, 1.82) is 0 Å². The number of likely N-dealkylation sites (tertiary alicyclic amines) is 1. The highest BCUT2D eigenvalue weighted by Gasteiger charge is 2.36. The molecule has 0 radical (unpaired) electrons. The van der Waals surface area contributed by atoms with Crippen LogP contribution < -0.4 is 0 Å². The molecule has 1 aliphatic rings. The second-order valence-electron chi connectivity index (χ2n) is 9.21. The fourth-order valence-corrected chi connectivity index (χ4v) is 4.17. The molecule has 0 atom stereocenters. The van der Waals surface area contributed by atoms with Gasteiger partial charge in [-0.1, -0.05) is 71.6 Å². The molecule has 0 spiro atoms. The first kappa shape index (κ1) is 27.4. The Balaban J connectivity index is 2.34. The highest BCUT2D eigenvalue weighted by Crippen LogP contribution is 2.32. The van der Waals surface area contributed by atoms with E-state index in [0.29, 0.717) is 19.6 Å². The largest absolute Gasteiger partial charge is 0.465 e. The Morgan fingerprint density at radius 1 is 0.867 bits per heavy atom. The molecule has 0 aromatic carbocycles. The van der Waals surface area contributed by atoms with Gasteiger partial charge in [0.1, 0.15) is 0 Å². The predicted molar refractivity (Wildman–Crippen MR) is 124 cm³/mol. The lowest BCUT2D eigenvalue weighted by molar-refractivity contribution is -0.151. The van der Waals surface area contributed by atoms with Gasteiger partial charge >= 0.3 is 5.97 Å². The molecule has 1 aliphatic heterocycles. The minimum Gasteiger partial charge on any atom is -0.465 e. The van der Waals surface area contributed by atoms with Gasteiger partial charge < -0.3 is 19.5 Å². The number of β-amino-alcohol motifs (C(OH)–C–C–N with tert-alkyl or cyclic N) is 1. The first-order chi connectivity index (χ1) is 14.7. The Labute approximate surface area is 185 Å². The minimum absolute atomic E-state index is 0.0559. The first-order valence-corrected chi connectivity index (χ1v) is 12.7. The van der Waals surface area contributed by atoms with E-state index in [9.17, 15) is 9.90 Å². The SMILES string of the molecule is CCCCCCCCOCC1(COC(=O)CCCCCCC)CCN(CCO)CC1. The van der Waals surface area contributed by atoms with Crippen LogP contribution in [0.15, 0.2) is 0 Å². The van der Waals surface area contributed by atoms with E-state index in [1.807, 2.05) is 0 Å². The zero-order valence-corrected chi connectivity index (χ0v) is 20.0. The quantitative estimate of drug-likeness (QED) is 0.223. The van der Waals surface area contributed by atoms with Crippen molar-refractivity contribution in [2.75, 3.05) is 46.1 Å². The Bertz CT molecular complexity index is 408. The van der Waals surface area contributed by atoms with E-state index < -0.39 is 0 Å². The molecule has 178 valence electrons. The van der Waals surface area contributed by atoms with Crippen molar-refractivity contribution in [3.05, 3.63) is 0 Å². The second kappa shape index (κ2) is 18.0. The van der Waals surface area contributed by atoms with E-state index in [0.717, 1.165) is 58.3 Å². The van der Waals surface area contributed by atoms with Gasteiger partial charge in [0.15, 0.2) is 0 Å². The van der Waals surface area contributed by atoms with Gasteiger partial charge in [0.2, 0.25) is 0 Å². The van der Waals surface area contributed by atoms with Crippen molar-refractivity contribution in [3.63, 3.8) is 0 Å². The Kier molecular flexibility index (Phi) is 16.4. The third-order valence-electron chi connectivity index (χ3n) is 6.41. The number of carbonyl (C=O) groups excluding carboxylic acids is 1. The van der Waals surface area contributed by atoms with Crippen LogP contribution >= 0.6 is 0 Å². The molecule has 5 nitrogen and oxygen atoms in total. The number of hydrogen-bond donors (Lipinski definition) is 1. The number of unbranched alkanes of at least 4 members (excludes halogenated alkanes) is 9. The number of carbonyl (C=O) groups is 1.